The number of hydrogen-bond acceptors (Lipinski definition) is 5. The molecule has 0 bridgehead atoms. The van der Waals surface area contributed by atoms with E-state index in [0.717, 1.165) is 7.11 Å². The number of tetrazole rings is 1. The molecule has 0 aliphatic heterocycles. The van der Waals surface area contributed by atoms with Crippen molar-refractivity contribution in [3.63, 3.8) is 0 Å². The molecule has 0 aliphatic rings. The first kappa shape index (κ1) is 16.2. The topological polar surface area (TPSA) is 90.1 Å². The Kier molecular flexibility index (Phi) is 4.57. The predicted octanol–water partition coefficient (Wildman–Crippen LogP) is 0.817. The van der Waals surface area contributed by atoms with Gasteiger partial charge in [-0.15, -0.1) is 5.10 Å². The zero-order valence-corrected chi connectivity index (χ0v) is 9.93. The summed E-state index contributed by atoms with van der Waals surface area (Å²) in [5, 5.41) is 16.9. The summed E-state index contributed by atoms with van der Waals surface area (Å²) in [6.45, 7) is -0.656. The molecule has 0 fully saturated rings. The van der Waals surface area contributed by atoms with E-state index in [1.54, 1.807) is 0 Å². The van der Waals surface area contributed by atoms with E-state index < -0.39 is 43.0 Å². The Morgan fingerprint density at radius 2 is 2.00 bits per heavy atom. The van der Waals surface area contributed by atoms with Gasteiger partial charge < -0.3 is 9.84 Å². The second-order valence-electron chi connectivity index (χ2n) is 3.71. The molecule has 1 rings (SSSR count). The highest BCUT2D eigenvalue weighted by atomic mass is 19.4. The van der Waals surface area contributed by atoms with Gasteiger partial charge in [0.05, 0.1) is 19.1 Å². The molecule has 0 saturated carbocycles. The molecule has 1 aromatic rings. The number of hydrogen-bond donors (Lipinski definition) is 1. The molecule has 0 aliphatic carbocycles. The first-order valence-corrected chi connectivity index (χ1v) is 5.05. The molecule has 20 heavy (non-hydrogen) atoms. The summed E-state index contributed by atoms with van der Waals surface area (Å²) in [7, 11) is 1.08. The van der Waals surface area contributed by atoms with Crippen LogP contribution in [0, 0.1) is 0 Å². The van der Waals surface area contributed by atoms with E-state index in [1.165, 1.54) is 0 Å². The summed E-state index contributed by atoms with van der Waals surface area (Å²) in [5.41, 5.74) is 0. The van der Waals surface area contributed by atoms with Gasteiger partial charge in [0.25, 0.3) is 0 Å². The van der Waals surface area contributed by atoms with Crippen molar-refractivity contribution in [2.24, 2.45) is 0 Å². The van der Waals surface area contributed by atoms with Gasteiger partial charge in [0.2, 0.25) is 5.82 Å². The van der Waals surface area contributed by atoms with Gasteiger partial charge >= 0.3 is 18.1 Å². The van der Waals surface area contributed by atoms with Crippen molar-refractivity contribution in [2.75, 3.05) is 7.11 Å². The van der Waals surface area contributed by atoms with Crippen LogP contribution in [0.1, 0.15) is 12.2 Å². The molecule has 114 valence electrons. The molecular weight excluding hydrogens is 295 g/mol. The summed E-state index contributed by atoms with van der Waals surface area (Å²) in [5.74, 6) is -8.29. The van der Waals surface area contributed by atoms with Crippen molar-refractivity contribution in [1.82, 2.24) is 20.2 Å². The molecule has 1 heterocycles. The van der Waals surface area contributed by atoms with Crippen LogP contribution in [0.2, 0.25) is 0 Å². The summed E-state index contributed by atoms with van der Waals surface area (Å²) in [6.07, 6.45) is -7.62. The number of carboxylic acids is 1. The van der Waals surface area contributed by atoms with E-state index in [-0.39, 0.29) is 4.68 Å². The first-order valence-electron chi connectivity index (χ1n) is 5.05. The van der Waals surface area contributed by atoms with Gasteiger partial charge in [0.15, 0.2) is 0 Å². The van der Waals surface area contributed by atoms with Gasteiger partial charge in [0, 0.05) is 7.11 Å². The van der Waals surface area contributed by atoms with Gasteiger partial charge in [0.1, 0.15) is 0 Å². The molecule has 0 spiro atoms. The van der Waals surface area contributed by atoms with Crippen LogP contribution < -0.4 is 0 Å². The highest BCUT2D eigenvalue weighted by Crippen LogP contribution is 2.42. The van der Waals surface area contributed by atoms with Gasteiger partial charge in [-0.1, -0.05) is 0 Å². The van der Waals surface area contributed by atoms with Gasteiger partial charge in [-0.05, 0) is 10.4 Å². The van der Waals surface area contributed by atoms with Crippen molar-refractivity contribution in [3.05, 3.63) is 5.82 Å². The number of carboxylic acid groups (broad SMARTS) is 1. The summed E-state index contributed by atoms with van der Waals surface area (Å²) >= 11 is 0. The van der Waals surface area contributed by atoms with Crippen LogP contribution in [0.25, 0.3) is 0 Å². The van der Waals surface area contributed by atoms with Crippen LogP contribution in [0.3, 0.4) is 0 Å². The van der Waals surface area contributed by atoms with Crippen molar-refractivity contribution < 1.29 is 36.6 Å². The predicted molar refractivity (Wildman–Crippen MR) is 50.8 cm³/mol. The Labute approximate surface area is 108 Å². The van der Waals surface area contributed by atoms with E-state index in [2.05, 4.69) is 20.3 Å². The largest absolute Gasteiger partial charge is 0.481 e. The maximum Gasteiger partial charge on any atom is 0.461 e. The SMILES string of the molecule is COC(CC(=O)O)Cn1nnnc1C(F)(F)C(F)(F)F. The number of nitrogens with zero attached hydrogens (tertiary/aromatic N) is 4. The summed E-state index contributed by atoms with van der Waals surface area (Å²) < 4.78 is 67.8. The Bertz CT molecular complexity index is 475. The van der Waals surface area contributed by atoms with Crippen LogP contribution in [0.4, 0.5) is 22.0 Å². The van der Waals surface area contributed by atoms with Crippen molar-refractivity contribution >= 4 is 5.97 Å². The average molecular weight is 304 g/mol. The van der Waals surface area contributed by atoms with Crippen molar-refractivity contribution in [1.29, 1.82) is 0 Å². The number of rotatable bonds is 6. The number of alkyl halides is 5. The van der Waals surface area contributed by atoms with Crippen LogP contribution in [-0.2, 0) is 22.0 Å². The van der Waals surface area contributed by atoms with E-state index in [4.69, 9.17) is 5.11 Å². The lowest BCUT2D eigenvalue weighted by Gasteiger charge is -2.20. The second-order valence-corrected chi connectivity index (χ2v) is 3.71. The average Bonchev–Trinajstić information content (AvgIpc) is 2.74. The molecule has 0 radical (unpaired) electrons. The first-order chi connectivity index (χ1) is 9.09. The number of methoxy groups -OCH3 is 1. The number of halogens is 5. The number of aromatic nitrogens is 4. The van der Waals surface area contributed by atoms with Crippen LogP contribution in [0.5, 0.6) is 0 Å². The normalized spacial score (nSPS) is 14.3. The lowest BCUT2D eigenvalue weighted by molar-refractivity contribution is -0.294. The quantitative estimate of drug-likeness (QED) is 0.782. The third-order valence-electron chi connectivity index (χ3n) is 2.28. The molecule has 1 atom stereocenters. The molecule has 12 heteroatoms. The summed E-state index contributed by atoms with van der Waals surface area (Å²) in [4.78, 5) is 10.5. The Morgan fingerprint density at radius 3 is 2.45 bits per heavy atom. The minimum absolute atomic E-state index is 0.171. The Hall–Kier alpha value is -1.85. The third kappa shape index (κ3) is 3.37. The molecule has 0 aromatic carbocycles. The fourth-order valence-electron chi connectivity index (χ4n) is 1.29. The number of ether oxygens (including phenoxy) is 1. The molecule has 0 saturated heterocycles. The van der Waals surface area contributed by atoms with Gasteiger partial charge in [-0.3, -0.25) is 4.79 Å². The monoisotopic (exact) mass is 304 g/mol. The fraction of sp³-hybridized carbons (Fsp3) is 0.750. The third-order valence-corrected chi connectivity index (χ3v) is 2.28. The van der Waals surface area contributed by atoms with Gasteiger partial charge in [-0.25, -0.2) is 4.68 Å². The fourth-order valence-corrected chi connectivity index (χ4v) is 1.29. The Balaban J connectivity index is 3.00. The van der Waals surface area contributed by atoms with Crippen molar-refractivity contribution in [3.8, 4) is 0 Å². The summed E-state index contributed by atoms with van der Waals surface area (Å²) in [6, 6.07) is 0. The molecule has 1 aromatic heterocycles. The highest BCUT2D eigenvalue weighted by molar-refractivity contribution is 5.67. The molecule has 7 nitrogen and oxygen atoms in total. The van der Waals surface area contributed by atoms with Crippen LogP contribution >= 0.6 is 0 Å². The zero-order chi connectivity index (χ0) is 15.6. The number of carbonyl (C=O) groups is 1. The van der Waals surface area contributed by atoms with Crippen LogP contribution in [0.15, 0.2) is 0 Å². The molecule has 1 N–H and O–H groups in total. The second kappa shape index (κ2) is 5.64. The lowest BCUT2D eigenvalue weighted by Crippen LogP contribution is -2.38. The molecule has 0 amide bonds. The Morgan fingerprint density at radius 1 is 1.40 bits per heavy atom. The van der Waals surface area contributed by atoms with E-state index in [9.17, 15) is 26.7 Å². The number of aliphatic carboxylic acids is 1. The van der Waals surface area contributed by atoms with E-state index in [0.29, 0.717) is 0 Å². The minimum atomic E-state index is -5.87. The molecule has 1 unspecified atom stereocenters. The van der Waals surface area contributed by atoms with Crippen molar-refractivity contribution in [2.45, 2.75) is 31.2 Å². The van der Waals surface area contributed by atoms with Gasteiger partial charge in [-0.2, -0.15) is 22.0 Å². The maximum absolute atomic E-state index is 13.1. The van der Waals surface area contributed by atoms with E-state index in [1.807, 2.05) is 0 Å². The standard InChI is InChI=1S/C8H9F5N4O3/c1-20-4(2-5(18)19)3-17-6(14-15-16-17)7(9,10)8(11,12)13/h4H,2-3H2,1H3,(H,18,19). The molecular formula is C8H9F5N4O3. The highest BCUT2D eigenvalue weighted by Gasteiger charge is 2.62. The van der Waals surface area contributed by atoms with E-state index >= 15 is 0 Å². The van der Waals surface area contributed by atoms with Crippen LogP contribution in [-0.4, -0.2) is 50.7 Å². The zero-order valence-electron chi connectivity index (χ0n) is 9.93. The maximum atomic E-state index is 13.1. The lowest BCUT2D eigenvalue weighted by atomic mass is 10.2. The minimum Gasteiger partial charge on any atom is -0.481 e. The smallest absolute Gasteiger partial charge is 0.461 e.